The molecule has 0 saturated heterocycles. The summed E-state index contributed by atoms with van der Waals surface area (Å²) in [7, 11) is 3.15. The molecule has 2 aromatic rings. The van der Waals surface area contributed by atoms with Crippen molar-refractivity contribution in [1.29, 1.82) is 0 Å². The fourth-order valence-electron chi connectivity index (χ4n) is 1.74. The zero-order valence-electron chi connectivity index (χ0n) is 12.2. The number of ether oxygens (including phenoxy) is 3. The van der Waals surface area contributed by atoms with E-state index >= 15 is 0 Å². The molecule has 5 heteroatoms. The van der Waals surface area contributed by atoms with Crippen molar-refractivity contribution in [2.45, 2.75) is 0 Å². The zero-order valence-corrected chi connectivity index (χ0v) is 14.4. The molecule has 0 aliphatic rings. The van der Waals surface area contributed by atoms with Crippen molar-refractivity contribution in [3.8, 4) is 17.2 Å². The van der Waals surface area contributed by atoms with Gasteiger partial charge in [-0.1, -0.05) is 0 Å². The second-order valence-corrected chi connectivity index (χ2v) is 5.60. The van der Waals surface area contributed by atoms with Crippen LogP contribution in [0, 0.1) is 3.57 Å². The van der Waals surface area contributed by atoms with E-state index in [0.717, 1.165) is 9.13 Å². The van der Waals surface area contributed by atoms with Crippen molar-refractivity contribution in [1.82, 2.24) is 0 Å². The summed E-state index contributed by atoms with van der Waals surface area (Å²) in [6, 6.07) is 12.6. The van der Waals surface area contributed by atoms with Gasteiger partial charge in [-0.2, -0.15) is 0 Å². The van der Waals surface area contributed by atoms with Gasteiger partial charge in [0.1, 0.15) is 17.2 Å². The minimum Gasteiger partial charge on any atom is -0.497 e. The van der Waals surface area contributed by atoms with Crippen LogP contribution in [0.4, 0.5) is 0 Å². The average molecular weight is 410 g/mol. The molecule has 0 spiro atoms. The molecule has 0 N–H and O–H groups in total. The Kier molecular flexibility index (Phi) is 5.83. The van der Waals surface area contributed by atoms with Crippen LogP contribution < -0.4 is 14.2 Å². The molecule has 0 aliphatic heterocycles. The van der Waals surface area contributed by atoms with Crippen molar-refractivity contribution in [3.05, 3.63) is 57.7 Å². The van der Waals surface area contributed by atoms with Crippen LogP contribution in [-0.4, -0.2) is 20.2 Å². The average Bonchev–Trinajstić information content (AvgIpc) is 2.54. The van der Waals surface area contributed by atoms with E-state index in [1.165, 1.54) is 6.08 Å². The molecule has 0 aliphatic carbocycles. The van der Waals surface area contributed by atoms with Gasteiger partial charge in [0, 0.05) is 15.7 Å². The highest BCUT2D eigenvalue weighted by Crippen LogP contribution is 2.23. The highest BCUT2D eigenvalue weighted by atomic mass is 127. The van der Waals surface area contributed by atoms with E-state index in [9.17, 15) is 4.79 Å². The summed E-state index contributed by atoms with van der Waals surface area (Å²) < 4.78 is 16.7. The number of rotatable bonds is 5. The predicted molar refractivity (Wildman–Crippen MR) is 93.4 cm³/mol. The quantitative estimate of drug-likeness (QED) is 0.325. The largest absolute Gasteiger partial charge is 0.497 e. The Hall–Kier alpha value is -2.02. The maximum atomic E-state index is 11.8. The van der Waals surface area contributed by atoms with Crippen LogP contribution in [-0.2, 0) is 4.79 Å². The Bertz CT molecular complexity index is 655. The molecule has 0 amide bonds. The van der Waals surface area contributed by atoms with Crippen LogP contribution in [0.15, 0.2) is 48.5 Å². The highest BCUT2D eigenvalue weighted by Gasteiger charge is 2.02. The third kappa shape index (κ3) is 4.77. The van der Waals surface area contributed by atoms with E-state index in [1.54, 1.807) is 50.6 Å². The summed E-state index contributed by atoms with van der Waals surface area (Å²) >= 11 is 2.19. The first-order valence-electron chi connectivity index (χ1n) is 6.49. The molecule has 0 fully saturated rings. The van der Waals surface area contributed by atoms with Gasteiger partial charge in [0.15, 0.2) is 0 Å². The standard InChI is InChI=1S/C17H15IO4/c1-20-15-9-12(10-16(11-15)21-2)3-8-17(19)22-14-6-4-13(18)5-7-14/h3-11H,1-2H3/b8-3+. The first-order valence-corrected chi connectivity index (χ1v) is 7.57. The maximum Gasteiger partial charge on any atom is 0.336 e. The predicted octanol–water partition coefficient (Wildman–Crippen LogP) is 3.93. The molecule has 114 valence electrons. The Morgan fingerprint density at radius 1 is 0.955 bits per heavy atom. The monoisotopic (exact) mass is 410 g/mol. The molecule has 22 heavy (non-hydrogen) atoms. The van der Waals surface area contributed by atoms with Crippen LogP contribution in [0.1, 0.15) is 5.56 Å². The highest BCUT2D eigenvalue weighted by molar-refractivity contribution is 14.1. The fraction of sp³-hybridized carbons (Fsp3) is 0.118. The van der Waals surface area contributed by atoms with Gasteiger partial charge >= 0.3 is 5.97 Å². The summed E-state index contributed by atoms with van der Waals surface area (Å²) in [5.41, 5.74) is 0.788. The van der Waals surface area contributed by atoms with Crippen LogP contribution >= 0.6 is 22.6 Å². The molecule has 0 heterocycles. The molecular formula is C17H15IO4. The number of hydrogen-bond donors (Lipinski definition) is 0. The third-order valence-corrected chi connectivity index (χ3v) is 3.54. The van der Waals surface area contributed by atoms with Crippen LogP contribution in [0.2, 0.25) is 0 Å². The molecule has 0 aromatic heterocycles. The van der Waals surface area contributed by atoms with Crippen LogP contribution in [0.5, 0.6) is 17.2 Å². The van der Waals surface area contributed by atoms with Gasteiger partial charge < -0.3 is 14.2 Å². The molecule has 2 aromatic carbocycles. The molecule has 2 rings (SSSR count). The lowest BCUT2D eigenvalue weighted by molar-refractivity contribution is -0.128. The van der Waals surface area contributed by atoms with E-state index in [4.69, 9.17) is 14.2 Å². The van der Waals surface area contributed by atoms with Crippen molar-refractivity contribution < 1.29 is 19.0 Å². The van der Waals surface area contributed by atoms with E-state index < -0.39 is 5.97 Å². The second-order valence-electron chi connectivity index (χ2n) is 4.35. The summed E-state index contributed by atoms with van der Waals surface area (Å²) in [5, 5.41) is 0. The number of esters is 1. The van der Waals surface area contributed by atoms with Gasteiger partial charge in [-0.15, -0.1) is 0 Å². The number of methoxy groups -OCH3 is 2. The van der Waals surface area contributed by atoms with Crippen molar-refractivity contribution in [3.63, 3.8) is 0 Å². The van der Waals surface area contributed by atoms with Crippen LogP contribution in [0.25, 0.3) is 6.08 Å². The summed E-state index contributed by atoms with van der Waals surface area (Å²) in [4.78, 5) is 11.8. The Morgan fingerprint density at radius 2 is 1.55 bits per heavy atom. The Labute approximate surface area is 142 Å². The molecule has 0 bridgehead atoms. The van der Waals surface area contributed by atoms with Gasteiger partial charge in [0.25, 0.3) is 0 Å². The second kappa shape index (κ2) is 7.84. The first-order chi connectivity index (χ1) is 10.6. The number of carbonyl (C=O) groups excluding carboxylic acids is 1. The number of halogens is 1. The number of hydrogen-bond acceptors (Lipinski definition) is 4. The van der Waals surface area contributed by atoms with Gasteiger partial charge in [0.05, 0.1) is 14.2 Å². The van der Waals surface area contributed by atoms with E-state index in [0.29, 0.717) is 17.2 Å². The van der Waals surface area contributed by atoms with Gasteiger partial charge in [-0.05, 0) is 70.6 Å². The lowest BCUT2D eigenvalue weighted by atomic mass is 10.2. The Morgan fingerprint density at radius 3 is 2.09 bits per heavy atom. The third-order valence-electron chi connectivity index (χ3n) is 2.82. The minimum atomic E-state index is -0.442. The van der Waals surface area contributed by atoms with Crippen molar-refractivity contribution in [2.24, 2.45) is 0 Å². The number of benzene rings is 2. The zero-order chi connectivity index (χ0) is 15.9. The molecular weight excluding hydrogens is 395 g/mol. The summed E-state index contributed by atoms with van der Waals surface area (Å²) in [6.07, 6.45) is 3.02. The van der Waals surface area contributed by atoms with Gasteiger partial charge in [-0.25, -0.2) is 4.79 Å². The topological polar surface area (TPSA) is 44.8 Å². The Balaban J connectivity index is 2.07. The fourth-order valence-corrected chi connectivity index (χ4v) is 2.10. The van der Waals surface area contributed by atoms with Gasteiger partial charge in [0.2, 0.25) is 0 Å². The SMILES string of the molecule is COc1cc(/C=C/C(=O)Oc2ccc(I)cc2)cc(OC)c1. The minimum absolute atomic E-state index is 0.442. The lowest BCUT2D eigenvalue weighted by Crippen LogP contribution is -2.03. The van der Waals surface area contributed by atoms with E-state index in [1.807, 2.05) is 12.1 Å². The van der Waals surface area contributed by atoms with Gasteiger partial charge in [-0.3, -0.25) is 0 Å². The summed E-state index contributed by atoms with van der Waals surface area (Å²) in [5.74, 6) is 1.39. The first kappa shape index (κ1) is 16.4. The molecule has 0 radical (unpaired) electrons. The van der Waals surface area contributed by atoms with Crippen molar-refractivity contribution in [2.75, 3.05) is 14.2 Å². The molecule has 4 nitrogen and oxygen atoms in total. The number of carbonyl (C=O) groups is 1. The summed E-state index contributed by atoms with van der Waals surface area (Å²) in [6.45, 7) is 0. The molecule has 0 atom stereocenters. The smallest absolute Gasteiger partial charge is 0.336 e. The maximum absolute atomic E-state index is 11.8. The van der Waals surface area contributed by atoms with Crippen LogP contribution in [0.3, 0.4) is 0 Å². The molecule has 0 unspecified atom stereocenters. The lowest BCUT2D eigenvalue weighted by Gasteiger charge is -2.05. The normalized spacial score (nSPS) is 10.5. The molecule has 0 saturated carbocycles. The van der Waals surface area contributed by atoms with Crippen molar-refractivity contribution >= 4 is 34.6 Å². The van der Waals surface area contributed by atoms with E-state index in [2.05, 4.69) is 22.6 Å². The van der Waals surface area contributed by atoms with E-state index in [-0.39, 0.29) is 0 Å².